The van der Waals surface area contributed by atoms with Gasteiger partial charge in [-0.1, -0.05) is 103 Å². The largest absolute Gasteiger partial charge is 0.460 e. The van der Waals surface area contributed by atoms with E-state index in [9.17, 15) is 10.2 Å². The smallest absolute Gasteiger partial charge is 0.230 e. The van der Waals surface area contributed by atoms with Crippen LogP contribution in [0.2, 0.25) is 0 Å². The van der Waals surface area contributed by atoms with Crippen LogP contribution in [0.1, 0.15) is 67.6 Å². The van der Waals surface area contributed by atoms with E-state index in [1.54, 1.807) is 0 Å². The van der Waals surface area contributed by atoms with Gasteiger partial charge in [0.05, 0.1) is 23.5 Å². The Kier molecular flexibility index (Phi) is 14.9. The van der Waals surface area contributed by atoms with Gasteiger partial charge in [0.1, 0.15) is 23.9 Å². The fourth-order valence-corrected chi connectivity index (χ4v) is 11.1. The van der Waals surface area contributed by atoms with Gasteiger partial charge in [0.25, 0.3) is 0 Å². The topological polar surface area (TPSA) is 103 Å². The van der Waals surface area contributed by atoms with E-state index >= 15 is 0 Å². The molecule has 322 valence electrons. The standard InChI is InChI=1S/C53H58N2O6S/c1-2-32-58-53-50(62-33-27-38-25-28-54-29-26-38)36-48(55-59-37-39-13-5-3-6-14-39)46-34-42(17-9-11-30-56)45(18-10-12-31-57)51(52(46)53)47-35-44(23-24-49(47)61-53)60-43-21-19-41(20-22-43)40-15-7-4-8-16-40/h2-8,13-16,19-26,28-29,34-35,42,45,50-52,56-57H,1,9-12,17-18,27,30-33,36-37H2/t42-,45+,50-,51+,52+,53+/m0/s1. The third-order valence-corrected chi connectivity index (χ3v) is 13.9. The molecule has 9 heteroatoms. The summed E-state index contributed by atoms with van der Waals surface area (Å²) in [6, 6.07) is 39.1. The van der Waals surface area contributed by atoms with Crippen LogP contribution in [-0.2, 0) is 22.6 Å². The van der Waals surface area contributed by atoms with Crippen LogP contribution in [0.5, 0.6) is 17.2 Å². The van der Waals surface area contributed by atoms with Crippen molar-refractivity contribution in [2.24, 2.45) is 22.9 Å². The summed E-state index contributed by atoms with van der Waals surface area (Å²) in [5.74, 6) is 2.21. The van der Waals surface area contributed by atoms with Gasteiger partial charge in [-0.05, 0) is 120 Å². The number of aromatic nitrogens is 1. The van der Waals surface area contributed by atoms with E-state index in [0.717, 1.165) is 101 Å². The van der Waals surface area contributed by atoms with E-state index in [-0.39, 0.29) is 42.1 Å². The highest BCUT2D eigenvalue weighted by Gasteiger charge is 2.64. The molecule has 1 aliphatic heterocycles. The molecular formula is C53H58N2O6S. The second-order valence-electron chi connectivity index (χ2n) is 16.5. The van der Waals surface area contributed by atoms with Crippen molar-refractivity contribution >= 4 is 17.5 Å². The SMILES string of the molecule is C=CCO[C@@]12Oc3ccc(Oc4ccc(-c5ccccc5)cc4)cc3[C@H]3[C@H](CCCCO)[C@@H](CCCCO)C=C(C(=NOCc4ccccc4)C[C@@H]1SCCc1ccncc1)[C@H]32. The van der Waals surface area contributed by atoms with Crippen LogP contribution in [0.15, 0.2) is 157 Å². The lowest BCUT2D eigenvalue weighted by molar-refractivity contribution is -0.223. The minimum Gasteiger partial charge on any atom is -0.460 e. The maximum Gasteiger partial charge on any atom is 0.230 e. The van der Waals surface area contributed by atoms with Crippen LogP contribution in [0.3, 0.4) is 0 Å². The van der Waals surface area contributed by atoms with Gasteiger partial charge in [-0.3, -0.25) is 4.98 Å². The molecule has 6 atom stereocenters. The number of hydrogen-bond acceptors (Lipinski definition) is 9. The number of allylic oxidation sites excluding steroid dienone is 1. The Morgan fingerprint density at radius 1 is 0.806 bits per heavy atom. The summed E-state index contributed by atoms with van der Waals surface area (Å²) < 4.78 is 21.2. The highest BCUT2D eigenvalue weighted by atomic mass is 32.2. The Labute approximate surface area is 370 Å². The molecule has 0 saturated heterocycles. The van der Waals surface area contributed by atoms with Crippen molar-refractivity contribution in [3.05, 3.63) is 169 Å². The minimum absolute atomic E-state index is 0.0340. The monoisotopic (exact) mass is 850 g/mol. The number of rotatable bonds is 21. The number of fused-ring (bicyclic) bond motifs is 2. The van der Waals surface area contributed by atoms with Gasteiger partial charge >= 0.3 is 0 Å². The summed E-state index contributed by atoms with van der Waals surface area (Å²) in [4.78, 5) is 10.5. The average Bonchev–Trinajstić information content (AvgIpc) is 3.31. The third kappa shape index (κ3) is 10.0. The van der Waals surface area contributed by atoms with Crippen LogP contribution >= 0.6 is 11.8 Å². The number of ether oxygens (including phenoxy) is 3. The zero-order valence-corrected chi connectivity index (χ0v) is 36.2. The van der Waals surface area contributed by atoms with E-state index in [4.69, 9.17) is 24.2 Å². The number of aliphatic hydroxyl groups excluding tert-OH is 2. The lowest BCUT2D eigenvalue weighted by Gasteiger charge is -2.58. The summed E-state index contributed by atoms with van der Waals surface area (Å²) in [7, 11) is 0. The summed E-state index contributed by atoms with van der Waals surface area (Å²) in [6.45, 7) is 5.07. The number of nitrogens with zero attached hydrogens (tertiary/aromatic N) is 2. The highest BCUT2D eigenvalue weighted by Crippen LogP contribution is 2.62. The number of benzene rings is 4. The van der Waals surface area contributed by atoms with Crippen LogP contribution in [-0.4, -0.2) is 57.5 Å². The number of oxime groups is 1. The van der Waals surface area contributed by atoms with E-state index in [1.807, 2.05) is 72.7 Å². The predicted molar refractivity (Wildman–Crippen MR) is 249 cm³/mol. The van der Waals surface area contributed by atoms with Gasteiger partial charge in [-0.25, -0.2) is 0 Å². The normalized spacial score (nSPS) is 23.1. The Bertz CT molecular complexity index is 2250. The minimum atomic E-state index is -1.04. The van der Waals surface area contributed by atoms with Crippen molar-refractivity contribution in [1.82, 2.24) is 4.98 Å². The molecule has 8 rings (SSSR count). The second-order valence-corrected chi connectivity index (χ2v) is 17.8. The number of unbranched alkanes of at least 4 members (excludes halogenated alkanes) is 2. The molecule has 0 amide bonds. The molecular weight excluding hydrogens is 793 g/mol. The molecule has 8 nitrogen and oxygen atoms in total. The first-order chi connectivity index (χ1) is 30.6. The molecule has 1 fully saturated rings. The fraction of sp³-hybridized carbons (Fsp3) is 0.358. The fourth-order valence-electron chi connectivity index (χ4n) is 9.65. The number of hydrogen-bond donors (Lipinski definition) is 2. The zero-order valence-electron chi connectivity index (χ0n) is 35.4. The summed E-state index contributed by atoms with van der Waals surface area (Å²) >= 11 is 1.87. The number of thioether (sulfide) groups is 1. The molecule has 3 aliphatic rings. The lowest BCUT2D eigenvalue weighted by Crippen LogP contribution is -2.64. The van der Waals surface area contributed by atoms with Gasteiger partial charge in [0.2, 0.25) is 5.79 Å². The molecule has 0 unspecified atom stereocenters. The Balaban J connectivity index is 1.22. The lowest BCUT2D eigenvalue weighted by atomic mass is 9.56. The Hall–Kier alpha value is -5.19. The summed E-state index contributed by atoms with van der Waals surface area (Å²) in [6.07, 6.45) is 14.5. The quantitative estimate of drug-likeness (QED) is 0.0427. The van der Waals surface area contributed by atoms with Crippen molar-refractivity contribution < 1.29 is 29.3 Å². The molecule has 4 aromatic carbocycles. The molecule has 2 N–H and O–H groups in total. The maximum absolute atomic E-state index is 10.0. The molecule has 0 bridgehead atoms. The van der Waals surface area contributed by atoms with Crippen molar-refractivity contribution in [2.45, 2.75) is 74.9 Å². The molecule has 1 saturated carbocycles. The van der Waals surface area contributed by atoms with Gasteiger partial charge in [0, 0.05) is 43.5 Å². The maximum atomic E-state index is 10.0. The molecule has 0 radical (unpaired) electrons. The van der Waals surface area contributed by atoms with Crippen LogP contribution in [0.25, 0.3) is 11.1 Å². The first-order valence-corrected chi connectivity index (χ1v) is 23.2. The number of pyridine rings is 1. The van der Waals surface area contributed by atoms with Crippen LogP contribution in [0, 0.1) is 17.8 Å². The van der Waals surface area contributed by atoms with E-state index in [2.05, 4.69) is 90.4 Å². The zero-order chi connectivity index (χ0) is 42.6. The van der Waals surface area contributed by atoms with Gasteiger partial charge in [-0.15, -0.1) is 6.58 Å². The van der Waals surface area contributed by atoms with Crippen molar-refractivity contribution in [3.63, 3.8) is 0 Å². The van der Waals surface area contributed by atoms with Crippen molar-refractivity contribution in [1.29, 1.82) is 0 Å². The van der Waals surface area contributed by atoms with Crippen LogP contribution in [0.4, 0.5) is 0 Å². The second kappa shape index (κ2) is 21.3. The Morgan fingerprint density at radius 2 is 1.52 bits per heavy atom. The Morgan fingerprint density at radius 3 is 2.26 bits per heavy atom. The van der Waals surface area contributed by atoms with Crippen molar-refractivity contribution in [2.75, 3.05) is 25.6 Å². The third-order valence-electron chi connectivity index (χ3n) is 12.5. The van der Waals surface area contributed by atoms with Crippen LogP contribution < -0.4 is 9.47 Å². The van der Waals surface area contributed by atoms with Gasteiger partial charge < -0.3 is 29.3 Å². The molecule has 62 heavy (non-hydrogen) atoms. The van der Waals surface area contributed by atoms with E-state index in [0.29, 0.717) is 19.6 Å². The van der Waals surface area contributed by atoms with Crippen molar-refractivity contribution in [3.8, 4) is 28.4 Å². The summed E-state index contributed by atoms with van der Waals surface area (Å²) in [5.41, 5.74) is 7.69. The highest BCUT2D eigenvalue weighted by molar-refractivity contribution is 8.00. The number of aryl methyl sites for hydroxylation is 1. The van der Waals surface area contributed by atoms with E-state index in [1.165, 1.54) is 5.56 Å². The number of aliphatic hydroxyl groups is 2. The first kappa shape index (κ1) is 43.5. The average molecular weight is 851 g/mol. The molecule has 0 spiro atoms. The molecule has 1 aromatic heterocycles. The molecule has 2 aliphatic carbocycles. The van der Waals surface area contributed by atoms with E-state index < -0.39 is 5.79 Å². The van der Waals surface area contributed by atoms with Gasteiger partial charge in [0.15, 0.2) is 0 Å². The first-order valence-electron chi connectivity index (χ1n) is 22.2. The molecule has 5 aromatic rings. The molecule has 2 heterocycles. The summed E-state index contributed by atoms with van der Waals surface area (Å²) in [5, 5.41) is 24.8. The predicted octanol–water partition coefficient (Wildman–Crippen LogP) is 11.4. The van der Waals surface area contributed by atoms with Gasteiger partial charge in [-0.2, -0.15) is 11.8 Å².